The number of hydrogen-bond donors (Lipinski definition) is 0. The van der Waals surface area contributed by atoms with E-state index in [2.05, 4.69) is 26.7 Å². The van der Waals surface area contributed by atoms with E-state index in [9.17, 15) is 4.79 Å². The maximum Gasteiger partial charge on any atom is 0.298 e. The van der Waals surface area contributed by atoms with Crippen molar-refractivity contribution in [3.63, 3.8) is 0 Å². The molecule has 0 spiro atoms. The van der Waals surface area contributed by atoms with Crippen LogP contribution in [0.2, 0.25) is 0 Å². The molecule has 0 radical (unpaired) electrons. The van der Waals surface area contributed by atoms with Crippen LogP contribution in [0.1, 0.15) is 5.56 Å². The second-order valence-electron chi connectivity index (χ2n) is 5.31. The van der Waals surface area contributed by atoms with E-state index >= 15 is 0 Å². The molecule has 0 N–H and O–H groups in total. The van der Waals surface area contributed by atoms with E-state index in [1.165, 1.54) is 0 Å². The van der Waals surface area contributed by atoms with Crippen molar-refractivity contribution in [1.82, 2.24) is 14.9 Å². The van der Waals surface area contributed by atoms with Gasteiger partial charge in [-0.15, -0.1) is 0 Å². The summed E-state index contributed by atoms with van der Waals surface area (Å²) in [5.74, 6) is 6.84. The number of nitrogens with zero attached hydrogens (tertiary/aromatic N) is 4. The van der Waals surface area contributed by atoms with Gasteiger partial charge in [0.05, 0.1) is 7.11 Å². The Labute approximate surface area is 141 Å². The summed E-state index contributed by atoms with van der Waals surface area (Å²) in [6.07, 6.45) is 3.37. The van der Waals surface area contributed by atoms with Gasteiger partial charge < -0.3 is 14.5 Å². The standard InChI is InChI=1S/C18H18N4O2/c1-24-17-7-5-15(14-20-17)6-8-18(23)22-12-10-21(11-13-22)16-4-2-3-9-19-16/h2-5,7,9,14H,10-13H2,1H3. The predicted molar refractivity (Wildman–Crippen MR) is 90.7 cm³/mol. The Bertz CT molecular complexity index is 742. The van der Waals surface area contributed by atoms with Crippen LogP contribution in [0, 0.1) is 11.8 Å². The van der Waals surface area contributed by atoms with Gasteiger partial charge in [0, 0.05) is 56.1 Å². The third kappa shape index (κ3) is 3.82. The molecule has 1 aliphatic rings. The van der Waals surface area contributed by atoms with Crippen LogP contribution in [0.4, 0.5) is 5.82 Å². The zero-order valence-corrected chi connectivity index (χ0v) is 13.5. The fourth-order valence-corrected chi connectivity index (χ4v) is 2.46. The maximum absolute atomic E-state index is 12.2. The summed E-state index contributed by atoms with van der Waals surface area (Å²) in [5, 5.41) is 0. The van der Waals surface area contributed by atoms with Crippen molar-refractivity contribution in [1.29, 1.82) is 0 Å². The number of hydrogen-bond acceptors (Lipinski definition) is 5. The summed E-state index contributed by atoms with van der Waals surface area (Å²) in [6, 6.07) is 9.35. The second kappa shape index (κ2) is 7.47. The lowest BCUT2D eigenvalue weighted by atomic mass is 10.2. The van der Waals surface area contributed by atoms with E-state index in [-0.39, 0.29) is 5.91 Å². The van der Waals surface area contributed by atoms with E-state index in [4.69, 9.17) is 4.74 Å². The minimum Gasteiger partial charge on any atom is -0.481 e. The van der Waals surface area contributed by atoms with Crippen LogP contribution in [0.3, 0.4) is 0 Å². The predicted octanol–water partition coefficient (Wildman–Crippen LogP) is 1.19. The van der Waals surface area contributed by atoms with E-state index in [1.54, 1.807) is 36.5 Å². The molecule has 1 aliphatic heterocycles. The molecule has 1 amide bonds. The Morgan fingerprint density at radius 3 is 2.58 bits per heavy atom. The zero-order chi connectivity index (χ0) is 16.8. The van der Waals surface area contributed by atoms with Gasteiger partial charge in [-0.25, -0.2) is 9.97 Å². The summed E-state index contributed by atoms with van der Waals surface area (Å²) >= 11 is 0. The van der Waals surface area contributed by atoms with Crippen LogP contribution in [0.5, 0.6) is 5.88 Å². The molecule has 6 nitrogen and oxygen atoms in total. The Balaban J connectivity index is 1.56. The lowest BCUT2D eigenvalue weighted by Gasteiger charge is -2.34. The first-order valence-electron chi connectivity index (χ1n) is 7.73. The number of anilines is 1. The van der Waals surface area contributed by atoms with Gasteiger partial charge in [0.2, 0.25) is 5.88 Å². The van der Waals surface area contributed by atoms with Crippen LogP contribution in [0.15, 0.2) is 42.7 Å². The Hall–Kier alpha value is -3.07. The Kier molecular flexibility index (Phi) is 4.92. The average molecular weight is 322 g/mol. The van der Waals surface area contributed by atoms with Crippen molar-refractivity contribution < 1.29 is 9.53 Å². The van der Waals surface area contributed by atoms with Gasteiger partial charge in [0.25, 0.3) is 5.91 Å². The summed E-state index contributed by atoms with van der Waals surface area (Å²) in [4.78, 5) is 24.6. The van der Waals surface area contributed by atoms with Crippen LogP contribution in [-0.4, -0.2) is 54.1 Å². The van der Waals surface area contributed by atoms with E-state index in [1.807, 2.05) is 18.2 Å². The third-order valence-electron chi connectivity index (χ3n) is 3.80. The molecule has 2 aromatic heterocycles. The monoisotopic (exact) mass is 322 g/mol. The number of carbonyl (C=O) groups is 1. The maximum atomic E-state index is 12.2. The van der Waals surface area contributed by atoms with Gasteiger partial charge in [-0.05, 0) is 18.2 Å². The fourth-order valence-electron chi connectivity index (χ4n) is 2.46. The molecule has 0 aromatic carbocycles. The molecule has 122 valence electrons. The van der Waals surface area contributed by atoms with Gasteiger partial charge >= 0.3 is 0 Å². The van der Waals surface area contributed by atoms with Crippen LogP contribution in [0.25, 0.3) is 0 Å². The van der Waals surface area contributed by atoms with Crippen molar-refractivity contribution in [2.75, 3.05) is 38.2 Å². The number of ether oxygens (including phenoxy) is 1. The smallest absolute Gasteiger partial charge is 0.298 e. The van der Waals surface area contributed by atoms with Gasteiger partial charge in [-0.2, -0.15) is 0 Å². The summed E-state index contributed by atoms with van der Waals surface area (Å²) in [5.41, 5.74) is 0.691. The second-order valence-corrected chi connectivity index (χ2v) is 5.31. The topological polar surface area (TPSA) is 58.6 Å². The SMILES string of the molecule is COc1ccc(C#CC(=O)N2CCN(c3ccccn3)CC2)cn1. The number of pyridine rings is 2. The van der Waals surface area contributed by atoms with E-state index in [0.717, 1.165) is 18.9 Å². The number of carbonyl (C=O) groups excluding carboxylic acids is 1. The molecule has 0 atom stereocenters. The summed E-state index contributed by atoms with van der Waals surface area (Å²) in [6.45, 7) is 2.80. The highest BCUT2D eigenvalue weighted by molar-refractivity contribution is 5.94. The molecule has 24 heavy (non-hydrogen) atoms. The molecule has 3 heterocycles. The third-order valence-corrected chi connectivity index (χ3v) is 3.80. The quantitative estimate of drug-likeness (QED) is 0.777. The van der Waals surface area contributed by atoms with Gasteiger partial charge in [0.1, 0.15) is 5.82 Å². The van der Waals surface area contributed by atoms with Crippen molar-refractivity contribution in [2.45, 2.75) is 0 Å². The summed E-state index contributed by atoms with van der Waals surface area (Å²) in [7, 11) is 1.56. The van der Waals surface area contributed by atoms with E-state index < -0.39 is 0 Å². The Morgan fingerprint density at radius 1 is 1.12 bits per heavy atom. The lowest BCUT2D eigenvalue weighted by molar-refractivity contribution is -0.125. The fraction of sp³-hybridized carbons (Fsp3) is 0.278. The molecule has 3 rings (SSSR count). The molecule has 1 fully saturated rings. The minimum atomic E-state index is -0.161. The van der Waals surface area contributed by atoms with Crippen molar-refractivity contribution >= 4 is 11.7 Å². The van der Waals surface area contributed by atoms with Crippen molar-refractivity contribution in [3.8, 4) is 17.7 Å². The molecule has 0 bridgehead atoms. The number of amides is 1. The molecular weight excluding hydrogens is 304 g/mol. The molecule has 0 aliphatic carbocycles. The van der Waals surface area contributed by atoms with E-state index in [0.29, 0.717) is 24.5 Å². The molecule has 6 heteroatoms. The average Bonchev–Trinajstić information content (AvgIpc) is 2.67. The first-order chi connectivity index (χ1) is 11.8. The Morgan fingerprint density at radius 2 is 1.96 bits per heavy atom. The van der Waals surface area contributed by atoms with Gasteiger partial charge in [-0.3, -0.25) is 4.79 Å². The molecule has 0 saturated carbocycles. The number of methoxy groups -OCH3 is 1. The highest BCUT2D eigenvalue weighted by Crippen LogP contribution is 2.12. The zero-order valence-electron chi connectivity index (χ0n) is 13.5. The number of piperazine rings is 1. The van der Waals surface area contributed by atoms with Crippen molar-refractivity contribution in [3.05, 3.63) is 48.3 Å². The molecule has 2 aromatic rings. The first kappa shape index (κ1) is 15.8. The van der Waals surface area contributed by atoms with Crippen molar-refractivity contribution in [2.24, 2.45) is 0 Å². The highest BCUT2D eigenvalue weighted by Gasteiger charge is 2.20. The number of aromatic nitrogens is 2. The van der Waals surface area contributed by atoms with Crippen LogP contribution < -0.4 is 9.64 Å². The number of rotatable bonds is 2. The lowest BCUT2D eigenvalue weighted by Crippen LogP contribution is -2.48. The summed E-state index contributed by atoms with van der Waals surface area (Å²) < 4.78 is 4.99. The first-order valence-corrected chi connectivity index (χ1v) is 7.73. The van der Waals surface area contributed by atoms with Crippen LogP contribution >= 0.6 is 0 Å². The largest absolute Gasteiger partial charge is 0.481 e. The van der Waals surface area contributed by atoms with Gasteiger partial charge in [-0.1, -0.05) is 12.0 Å². The highest BCUT2D eigenvalue weighted by atomic mass is 16.5. The normalized spacial score (nSPS) is 13.9. The molecular formula is C18H18N4O2. The van der Waals surface area contributed by atoms with Gasteiger partial charge in [0.15, 0.2) is 0 Å². The molecule has 1 saturated heterocycles. The van der Waals surface area contributed by atoms with Crippen LogP contribution in [-0.2, 0) is 4.79 Å². The molecule has 0 unspecified atom stereocenters. The minimum absolute atomic E-state index is 0.161.